The number of ether oxygens (including phenoxy) is 3. The lowest BCUT2D eigenvalue weighted by Gasteiger charge is -2.09. The zero-order valence-corrected chi connectivity index (χ0v) is 16.6. The Kier molecular flexibility index (Phi) is 6.13. The second kappa shape index (κ2) is 8.73. The average Bonchev–Trinajstić information content (AvgIpc) is 3.09. The van der Waals surface area contributed by atoms with Crippen LogP contribution in [0.15, 0.2) is 53.1 Å². The maximum atomic E-state index is 12.1. The normalized spacial score (nSPS) is 10.5. The van der Waals surface area contributed by atoms with Crippen LogP contribution in [0.1, 0.15) is 23.0 Å². The van der Waals surface area contributed by atoms with E-state index in [1.54, 1.807) is 14.0 Å². The standard InChI is InChI=1S/C20H19BrN2O4/c1-3-26-20(24)18-17(19(21)23-22-18)14-6-10-16(11-7-14)27-12-13-4-8-15(25-2)9-5-13/h4-11H,3,12H2,1-2H3,(H,22,23). The molecule has 27 heavy (non-hydrogen) atoms. The van der Waals surface area contributed by atoms with Gasteiger partial charge in [-0.3, -0.25) is 5.10 Å². The van der Waals surface area contributed by atoms with Gasteiger partial charge in [0.15, 0.2) is 5.69 Å². The first-order valence-electron chi connectivity index (χ1n) is 8.39. The first kappa shape index (κ1) is 19.0. The molecule has 0 aliphatic carbocycles. The molecular weight excluding hydrogens is 412 g/mol. The zero-order valence-electron chi connectivity index (χ0n) is 15.0. The minimum Gasteiger partial charge on any atom is -0.497 e. The van der Waals surface area contributed by atoms with Crippen LogP contribution in [-0.4, -0.2) is 29.9 Å². The molecule has 0 radical (unpaired) electrons. The van der Waals surface area contributed by atoms with Crippen LogP contribution in [0.2, 0.25) is 0 Å². The molecule has 1 aromatic heterocycles. The Labute approximate surface area is 165 Å². The number of nitrogens with zero attached hydrogens (tertiary/aromatic N) is 1. The number of hydrogen-bond donors (Lipinski definition) is 1. The van der Waals surface area contributed by atoms with Gasteiger partial charge in [-0.2, -0.15) is 5.10 Å². The molecule has 0 atom stereocenters. The van der Waals surface area contributed by atoms with Crippen molar-refractivity contribution in [3.8, 4) is 22.6 Å². The van der Waals surface area contributed by atoms with Gasteiger partial charge in [0.2, 0.25) is 0 Å². The van der Waals surface area contributed by atoms with E-state index in [1.165, 1.54) is 0 Å². The summed E-state index contributed by atoms with van der Waals surface area (Å²) in [7, 11) is 1.64. The number of carbonyl (C=O) groups is 1. The molecule has 0 fully saturated rings. The van der Waals surface area contributed by atoms with Gasteiger partial charge in [-0.05, 0) is 58.2 Å². The Morgan fingerprint density at radius 2 is 1.74 bits per heavy atom. The highest BCUT2D eigenvalue weighted by Crippen LogP contribution is 2.31. The second-order valence-corrected chi connectivity index (χ2v) is 6.40. The van der Waals surface area contributed by atoms with Gasteiger partial charge in [0.1, 0.15) is 22.7 Å². The van der Waals surface area contributed by atoms with Gasteiger partial charge in [0.25, 0.3) is 0 Å². The molecule has 0 unspecified atom stereocenters. The number of aromatic nitrogens is 2. The third kappa shape index (κ3) is 4.49. The van der Waals surface area contributed by atoms with Gasteiger partial charge in [-0.1, -0.05) is 24.3 Å². The van der Waals surface area contributed by atoms with E-state index in [0.29, 0.717) is 29.1 Å². The summed E-state index contributed by atoms with van der Waals surface area (Å²) in [5.74, 6) is 1.10. The fraction of sp³-hybridized carbons (Fsp3) is 0.200. The van der Waals surface area contributed by atoms with E-state index in [1.807, 2.05) is 48.5 Å². The number of carbonyl (C=O) groups excluding carboxylic acids is 1. The Hall–Kier alpha value is -2.80. The number of rotatable bonds is 7. The number of hydrogen-bond acceptors (Lipinski definition) is 5. The summed E-state index contributed by atoms with van der Waals surface area (Å²) >= 11 is 3.37. The van der Waals surface area contributed by atoms with Crippen molar-refractivity contribution in [1.29, 1.82) is 0 Å². The summed E-state index contributed by atoms with van der Waals surface area (Å²) in [6.07, 6.45) is 0. The van der Waals surface area contributed by atoms with Crippen LogP contribution in [0.5, 0.6) is 11.5 Å². The van der Waals surface area contributed by atoms with E-state index in [0.717, 1.165) is 22.6 Å². The first-order valence-corrected chi connectivity index (χ1v) is 9.18. The number of esters is 1. The topological polar surface area (TPSA) is 73.4 Å². The van der Waals surface area contributed by atoms with Crippen molar-refractivity contribution in [1.82, 2.24) is 10.2 Å². The van der Waals surface area contributed by atoms with Gasteiger partial charge in [-0.15, -0.1) is 0 Å². The summed E-state index contributed by atoms with van der Waals surface area (Å²) in [6, 6.07) is 15.2. The minimum atomic E-state index is -0.439. The van der Waals surface area contributed by atoms with Crippen molar-refractivity contribution >= 4 is 21.9 Å². The van der Waals surface area contributed by atoms with Crippen LogP contribution in [0.4, 0.5) is 0 Å². The summed E-state index contributed by atoms with van der Waals surface area (Å²) < 4.78 is 16.6. The number of benzene rings is 2. The van der Waals surface area contributed by atoms with Gasteiger partial charge in [0, 0.05) is 5.56 Å². The molecule has 7 heteroatoms. The van der Waals surface area contributed by atoms with Crippen molar-refractivity contribution < 1.29 is 19.0 Å². The minimum absolute atomic E-state index is 0.299. The molecule has 0 saturated heterocycles. The van der Waals surface area contributed by atoms with E-state index in [9.17, 15) is 4.79 Å². The number of nitrogens with one attached hydrogen (secondary N) is 1. The van der Waals surface area contributed by atoms with Gasteiger partial charge < -0.3 is 14.2 Å². The highest BCUT2D eigenvalue weighted by atomic mass is 79.9. The number of H-pyrrole nitrogens is 1. The molecule has 0 amide bonds. The lowest BCUT2D eigenvalue weighted by atomic mass is 10.1. The van der Waals surface area contributed by atoms with Gasteiger partial charge in [0.05, 0.1) is 13.7 Å². The van der Waals surface area contributed by atoms with E-state index in [2.05, 4.69) is 26.1 Å². The van der Waals surface area contributed by atoms with Crippen molar-refractivity contribution in [3.63, 3.8) is 0 Å². The van der Waals surface area contributed by atoms with E-state index < -0.39 is 5.97 Å². The van der Waals surface area contributed by atoms with Gasteiger partial charge in [-0.25, -0.2) is 4.79 Å². The summed E-state index contributed by atoms with van der Waals surface area (Å²) in [5, 5.41) is 6.77. The Morgan fingerprint density at radius 3 is 2.37 bits per heavy atom. The van der Waals surface area contributed by atoms with Crippen molar-refractivity contribution in [2.75, 3.05) is 13.7 Å². The third-order valence-corrected chi connectivity index (χ3v) is 4.48. The number of aromatic amines is 1. The molecule has 0 aliphatic rings. The molecule has 0 aliphatic heterocycles. The monoisotopic (exact) mass is 430 g/mol. The molecule has 6 nitrogen and oxygen atoms in total. The fourth-order valence-electron chi connectivity index (χ4n) is 2.54. The third-order valence-electron chi connectivity index (χ3n) is 3.91. The smallest absolute Gasteiger partial charge is 0.357 e. The summed E-state index contributed by atoms with van der Waals surface area (Å²) in [4.78, 5) is 12.1. The molecule has 3 rings (SSSR count). The second-order valence-electron chi connectivity index (χ2n) is 5.65. The van der Waals surface area contributed by atoms with Crippen LogP contribution < -0.4 is 9.47 Å². The lowest BCUT2D eigenvalue weighted by Crippen LogP contribution is -2.06. The average molecular weight is 431 g/mol. The number of methoxy groups -OCH3 is 1. The molecule has 0 bridgehead atoms. The molecule has 3 aromatic rings. The van der Waals surface area contributed by atoms with Crippen LogP contribution >= 0.6 is 15.9 Å². The maximum Gasteiger partial charge on any atom is 0.357 e. The predicted molar refractivity (Wildman–Crippen MR) is 105 cm³/mol. The lowest BCUT2D eigenvalue weighted by molar-refractivity contribution is 0.0520. The largest absolute Gasteiger partial charge is 0.497 e. The van der Waals surface area contributed by atoms with E-state index in [4.69, 9.17) is 14.2 Å². The Balaban J connectivity index is 1.72. The SMILES string of the molecule is CCOC(=O)c1[nH]nc(Br)c1-c1ccc(OCc2ccc(OC)cc2)cc1. The maximum absolute atomic E-state index is 12.1. The zero-order chi connectivity index (χ0) is 19.2. The Bertz CT molecular complexity index is 905. The highest BCUT2D eigenvalue weighted by molar-refractivity contribution is 9.10. The quantitative estimate of drug-likeness (QED) is 0.554. The molecule has 0 saturated carbocycles. The molecule has 0 spiro atoms. The molecule has 1 heterocycles. The van der Waals surface area contributed by atoms with Crippen molar-refractivity contribution in [3.05, 3.63) is 64.4 Å². The van der Waals surface area contributed by atoms with Crippen LogP contribution in [-0.2, 0) is 11.3 Å². The fourth-order valence-corrected chi connectivity index (χ4v) is 3.06. The molecule has 2 aromatic carbocycles. The van der Waals surface area contributed by atoms with Crippen molar-refractivity contribution in [2.24, 2.45) is 0 Å². The molecular formula is C20H19BrN2O4. The van der Waals surface area contributed by atoms with E-state index >= 15 is 0 Å². The van der Waals surface area contributed by atoms with Gasteiger partial charge >= 0.3 is 5.97 Å². The number of halogens is 1. The Morgan fingerprint density at radius 1 is 1.07 bits per heavy atom. The first-order chi connectivity index (χ1) is 13.1. The van der Waals surface area contributed by atoms with Crippen LogP contribution in [0, 0.1) is 0 Å². The predicted octanol–water partition coefficient (Wildman–Crippen LogP) is 4.60. The highest BCUT2D eigenvalue weighted by Gasteiger charge is 2.20. The molecule has 1 N–H and O–H groups in total. The van der Waals surface area contributed by atoms with Crippen molar-refractivity contribution in [2.45, 2.75) is 13.5 Å². The summed E-state index contributed by atoms with van der Waals surface area (Å²) in [6.45, 7) is 2.51. The molecule has 140 valence electrons. The van der Waals surface area contributed by atoms with Crippen LogP contribution in [0.25, 0.3) is 11.1 Å². The van der Waals surface area contributed by atoms with E-state index in [-0.39, 0.29) is 0 Å². The summed E-state index contributed by atoms with van der Waals surface area (Å²) in [5.41, 5.74) is 2.85. The van der Waals surface area contributed by atoms with Crippen LogP contribution in [0.3, 0.4) is 0 Å².